The molecule has 0 amide bonds. The summed E-state index contributed by atoms with van der Waals surface area (Å²) in [5.74, 6) is -1.47. The van der Waals surface area contributed by atoms with E-state index in [1.165, 1.54) is 161 Å². The predicted octanol–water partition coefficient (Wildman–Crippen LogP) is 19.4. The summed E-state index contributed by atoms with van der Waals surface area (Å²) in [5, 5.41) is 10.5. The summed E-state index contributed by atoms with van der Waals surface area (Å²) in [6, 6.07) is 0. The van der Waals surface area contributed by atoms with Gasteiger partial charge in [0.1, 0.15) is 19.3 Å². The molecule has 0 aromatic heterocycles. The summed E-state index contributed by atoms with van der Waals surface area (Å²) in [4.78, 5) is 72.2. The first-order valence-corrected chi connectivity index (χ1v) is 38.6. The smallest absolute Gasteiger partial charge is 0.462 e. The van der Waals surface area contributed by atoms with E-state index in [0.717, 1.165) is 103 Å². The molecule has 3 N–H and O–H groups in total. The van der Waals surface area contributed by atoms with Crippen LogP contribution in [0.15, 0.2) is 0 Å². The van der Waals surface area contributed by atoms with Crippen LogP contribution in [0.2, 0.25) is 0 Å². The van der Waals surface area contributed by atoms with E-state index in [4.69, 9.17) is 37.0 Å². The fourth-order valence-electron chi connectivity index (χ4n) is 10.3. The molecule has 0 aliphatic carbocycles. The zero-order valence-electron chi connectivity index (χ0n) is 56.2. The molecular weight excluding hydrogens is 1150 g/mol. The van der Waals surface area contributed by atoms with Gasteiger partial charge in [-0.3, -0.25) is 37.3 Å². The third-order valence-corrected chi connectivity index (χ3v) is 17.7. The lowest BCUT2D eigenvalue weighted by Crippen LogP contribution is -2.30. The highest BCUT2D eigenvalue weighted by molar-refractivity contribution is 7.47. The van der Waals surface area contributed by atoms with Gasteiger partial charge in [0.15, 0.2) is 12.2 Å². The minimum atomic E-state index is -4.95. The van der Waals surface area contributed by atoms with E-state index in [1.807, 2.05) is 0 Å². The molecular formula is C68H132O17P2. The van der Waals surface area contributed by atoms with Crippen LogP contribution in [0.4, 0.5) is 0 Å². The van der Waals surface area contributed by atoms with Crippen LogP contribution in [0, 0.1) is 5.92 Å². The molecule has 0 saturated carbocycles. The standard InChI is InChI=1S/C68H132O17P2/c1-6-9-12-15-18-20-22-23-24-25-26-27-28-29-30-32-34-37-43-48-53-67(72)84-63(58-79-66(71)52-47-42-36-33-31-21-19-16-13-10-7-2)59-82-86(74,75)80-55-62(69)56-81-87(76,77)83-60-64(57-78-65(70)51-46-41-35-17-14-11-8-3)85-68(73)54-49-44-39-38-40-45-50-61(4)5/h61-64,69H,6-60H2,1-5H3,(H,74,75)(H,76,77)/t62-,63-,64-/m1/s1. The predicted molar refractivity (Wildman–Crippen MR) is 349 cm³/mol. The van der Waals surface area contributed by atoms with Crippen molar-refractivity contribution in [2.24, 2.45) is 5.92 Å². The molecule has 0 aromatic carbocycles. The van der Waals surface area contributed by atoms with Crippen LogP contribution in [0.3, 0.4) is 0 Å². The first kappa shape index (κ1) is 85.1. The molecule has 0 spiro atoms. The number of ether oxygens (including phenoxy) is 4. The minimum Gasteiger partial charge on any atom is -0.462 e. The number of hydrogen-bond acceptors (Lipinski definition) is 15. The van der Waals surface area contributed by atoms with Gasteiger partial charge >= 0.3 is 39.5 Å². The second-order valence-corrected chi connectivity index (χ2v) is 27.9. The van der Waals surface area contributed by atoms with E-state index in [1.54, 1.807) is 0 Å². The Morgan fingerprint density at radius 3 is 0.782 bits per heavy atom. The Labute approximate surface area is 530 Å². The van der Waals surface area contributed by atoms with Crippen molar-refractivity contribution < 1.29 is 80.2 Å². The average molecular weight is 1280 g/mol. The Bertz CT molecular complexity index is 1690. The summed E-state index contributed by atoms with van der Waals surface area (Å²) >= 11 is 0. The zero-order chi connectivity index (χ0) is 64.2. The van der Waals surface area contributed by atoms with Crippen molar-refractivity contribution in [3.63, 3.8) is 0 Å². The molecule has 2 unspecified atom stereocenters. The van der Waals surface area contributed by atoms with E-state index in [0.29, 0.717) is 31.6 Å². The number of rotatable bonds is 68. The summed E-state index contributed by atoms with van der Waals surface area (Å²) in [7, 11) is -9.89. The Morgan fingerprint density at radius 1 is 0.310 bits per heavy atom. The van der Waals surface area contributed by atoms with Gasteiger partial charge in [0.05, 0.1) is 26.4 Å². The molecule has 0 bridgehead atoms. The van der Waals surface area contributed by atoms with Crippen molar-refractivity contribution in [3.05, 3.63) is 0 Å². The third-order valence-electron chi connectivity index (χ3n) is 15.8. The SMILES string of the molecule is CCCCCCCCCCCCCCCCCCCCCCC(=O)O[C@H](COC(=O)CCCCCCCCCCCCC)COP(=O)(O)OC[C@@H](O)COP(=O)(O)OC[C@@H](COC(=O)CCCCCCCCC)OC(=O)CCCCCCCCC(C)C. The van der Waals surface area contributed by atoms with Gasteiger partial charge in [0.25, 0.3) is 0 Å². The summed E-state index contributed by atoms with van der Waals surface area (Å²) in [6.07, 6.45) is 47.6. The van der Waals surface area contributed by atoms with Gasteiger partial charge in [0.2, 0.25) is 0 Å². The van der Waals surface area contributed by atoms with Gasteiger partial charge in [0, 0.05) is 25.7 Å². The van der Waals surface area contributed by atoms with Gasteiger partial charge in [-0.15, -0.1) is 0 Å². The second kappa shape index (κ2) is 61.6. The average Bonchev–Trinajstić information content (AvgIpc) is 3.69. The molecule has 0 aromatic rings. The monoisotopic (exact) mass is 1280 g/mol. The van der Waals surface area contributed by atoms with Crippen molar-refractivity contribution in [1.29, 1.82) is 0 Å². The first-order valence-electron chi connectivity index (χ1n) is 35.6. The maximum atomic E-state index is 13.0. The molecule has 87 heavy (non-hydrogen) atoms. The Kier molecular flexibility index (Phi) is 60.2. The highest BCUT2D eigenvalue weighted by atomic mass is 31.2. The van der Waals surface area contributed by atoms with Crippen molar-refractivity contribution in [1.82, 2.24) is 0 Å². The Hall–Kier alpha value is -1.94. The quantitative estimate of drug-likeness (QED) is 0.0222. The molecule has 5 atom stereocenters. The largest absolute Gasteiger partial charge is 0.472 e. The third kappa shape index (κ3) is 62.6. The molecule has 0 saturated heterocycles. The number of carbonyl (C=O) groups excluding carboxylic acids is 4. The number of unbranched alkanes of at least 4 members (excludes halogenated alkanes) is 40. The summed E-state index contributed by atoms with van der Waals surface area (Å²) < 4.78 is 68.0. The topological polar surface area (TPSA) is 237 Å². The van der Waals surface area contributed by atoms with Crippen LogP contribution < -0.4 is 0 Å². The van der Waals surface area contributed by atoms with Gasteiger partial charge in [-0.1, -0.05) is 298 Å². The van der Waals surface area contributed by atoms with Crippen molar-refractivity contribution in [3.8, 4) is 0 Å². The molecule has 0 radical (unpaired) electrons. The van der Waals surface area contributed by atoms with Crippen molar-refractivity contribution >= 4 is 39.5 Å². The number of phosphoric ester groups is 2. The fraction of sp³-hybridized carbons (Fsp3) is 0.941. The molecule has 0 heterocycles. The zero-order valence-corrected chi connectivity index (χ0v) is 57.9. The Morgan fingerprint density at radius 2 is 0.529 bits per heavy atom. The number of aliphatic hydroxyl groups is 1. The maximum absolute atomic E-state index is 13.0. The lowest BCUT2D eigenvalue weighted by Gasteiger charge is -2.21. The number of carbonyl (C=O) groups is 4. The molecule has 19 heteroatoms. The normalized spacial score (nSPS) is 14.1. The Balaban J connectivity index is 5.13. The second-order valence-electron chi connectivity index (χ2n) is 25.0. The first-order chi connectivity index (χ1) is 42.0. The van der Waals surface area contributed by atoms with Crippen LogP contribution in [-0.2, 0) is 65.4 Å². The van der Waals surface area contributed by atoms with Crippen LogP contribution in [0.25, 0.3) is 0 Å². The maximum Gasteiger partial charge on any atom is 0.472 e. The van der Waals surface area contributed by atoms with Gasteiger partial charge in [-0.25, -0.2) is 9.13 Å². The minimum absolute atomic E-state index is 0.102. The van der Waals surface area contributed by atoms with Gasteiger partial charge in [-0.2, -0.15) is 0 Å². The van der Waals surface area contributed by atoms with Crippen LogP contribution in [-0.4, -0.2) is 96.7 Å². The van der Waals surface area contributed by atoms with Crippen molar-refractivity contribution in [2.45, 2.75) is 368 Å². The van der Waals surface area contributed by atoms with E-state index in [-0.39, 0.29) is 25.7 Å². The number of esters is 4. The van der Waals surface area contributed by atoms with E-state index >= 15 is 0 Å². The molecule has 0 rings (SSSR count). The van der Waals surface area contributed by atoms with Crippen LogP contribution in [0.5, 0.6) is 0 Å². The molecule has 17 nitrogen and oxygen atoms in total. The van der Waals surface area contributed by atoms with Crippen LogP contribution in [0.1, 0.15) is 349 Å². The highest BCUT2D eigenvalue weighted by Crippen LogP contribution is 2.45. The molecule has 516 valence electrons. The lowest BCUT2D eigenvalue weighted by atomic mass is 10.0. The van der Waals surface area contributed by atoms with Gasteiger partial charge in [-0.05, 0) is 31.6 Å². The summed E-state index contributed by atoms with van der Waals surface area (Å²) in [5.41, 5.74) is 0. The lowest BCUT2D eigenvalue weighted by molar-refractivity contribution is -0.161. The highest BCUT2D eigenvalue weighted by Gasteiger charge is 2.30. The number of hydrogen-bond donors (Lipinski definition) is 3. The summed E-state index contributed by atoms with van der Waals surface area (Å²) in [6.45, 7) is 7.09. The van der Waals surface area contributed by atoms with Crippen molar-refractivity contribution in [2.75, 3.05) is 39.6 Å². The van der Waals surface area contributed by atoms with E-state index < -0.39 is 97.5 Å². The van der Waals surface area contributed by atoms with Crippen LogP contribution >= 0.6 is 15.6 Å². The molecule has 0 aliphatic heterocycles. The number of aliphatic hydroxyl groups excluding tert-OH is 1. The fourth-order valence-corrected chi connectivity index (χ4v) is 11.9. The molecule has 0 fully saturated rings. The number of phosphoric acid groups is 2. The molecule has 0 aliphatic rings. The van der Waals surface area contributed by atoms with Gasteiger partial charge < -0.3 is 33.8 Å². The van der Waals surface area contributed by atoms with E-state index in [9.17, 15) is 43.2 Å². The van der Waals surface area contributed by atoms with E-state index in [2.05, 4.69) is 34.6 Å².